The van der Waals surface area contributed by atoms with Crippen molar-refractivity contribution in [2.75, 3.05) is 45.2 Å². The molecule has 2 amide bonds. The van der Waals surface area contributed by atoms with Gasteiger partial charge in [-0.05, 0) is 25.1 Å². The summed E-state index contributed by atoms with van der Waals surface area (Å²) in [7, 11) is 1.56. The number of methoxy groups -OCH3 is 1. The van der Waals surface area contributed by atoms with Crippen LogP contribution in [0.1, 0.15) is 6.92 Å². The molecule has 0 bridgehead atoms. The van der Waals surface area contributed by atoms with Gasteiger partial charge in [0.05, 0.1) is 24.7 Å². The van der Waals surface area contributed by atoms with Gasteiger partial charge in [-0.25, -0.2) is 9.79 Å². The molecular weight excluding hydrogens is 380 g/mol. The van der Waals surface area contributed by atoms with Crippen LogP contribution in [-0.4, -0.2) is 78.3 Å². The average Bonchev–Trinajstić information content (AvgIpc) is 3.09. The van der Waals surface area contributed by atoms with Gasteiger partial charge in [0.25, 0.3) is 0 Å². The molecule has 1 saturated heterocycles. The molecule has 9 heteroatoms. The molecule has 0 aliphatic carbocycles. The smallest absolute Gasteiger partial charge is 0.321 e. The largest absolute Gasteiger partial charge is 0.495 e. The van der Waals surface area contributed by atoms with Crippen LogP contribution < -0.4 is 10.1 Å². The third-order valence-electron chi connectivity index (χ3n) is 5.12. The van der Waals surface area contributed by atoms with E-state index < -0.39 is 0 Å². The van der Waals surface area contributed by atoms with Crippen LogP contribution in [0.3, 0.4) is 0 Å². The number of hydrogen-bond acceptors (Lipinski definition) is 6. The number of amidine groups is 2. The van der Waals surface area contributed by atoms with Crippen LogP contribution in [0.25, 0.3) is 0 Å². The van der Waals surface area contributed by atoms with Crippen LogP contribution in [0.5, 0.6) is 5.75 Å². The van der Waals surface area contributed by atoms with Crippen molar-refractivity contribution in [3.05, 3.63) is 35.6 Å². The maximum atomic E-state index is 12.6. The summed E-state index contributed by atoms with van der Waals surface area (Å²) in [5, 5.41) is 3.36. The Morgan fingerprint density at radius 1 is 1.25 bits per heavy atom. The van der Waals surface area contributed by atoms with Crippen LogP contribution in [0.15, 0.2) is 40.6 Å². The number of amides is 2. The number of ether oxygens (including phenoxy) is 1. The number of rotatable bonds is 2. The Bertz CT molecular complexity index is 860. The molecule has 3 aliphatic rings. The number of nitrogens with one attached hydrogen (secondary N) is 1. The number of anilines is 1. The van der Waals surface area contributed by atoms with E-state index in [4.69, 9.17) is 16.3 Å². The molecule has 4 rings (SSSR count). The summed E-state index contributed by atoms with van der Waals surface area (Å²) < 4.78 is 5.14. The van der Waals surface area contributed by atoms with Gasteiger partial charge in [-0.1, -0.05) is 11.6 Å². The number of aliphatic imine (C=N–C) groups is 2. The van der Waals surface area contributed by atoms with E-state index in [0.29, 0.717) is 48.7 Å². The second kappa shape index (κ2) is 7.71. The number of nitrogens with zero attached hydrogens (tertiary/aromatic N) is 5. The van der Waals surface area contributed by atoms with Gasteiger partial charge in [0.15, 0.2) is 11.7 Å². The van der Waals surface area contributed by atoms with Crippen molar-refractivity contribution < 1.29 is 9.53 Å². The van der Waals surface area contributed by atoms with Gasteiger partial charge < -0.3 is 24.8 Å². The highest BCUT2D eigenvalue weighted by atomic mass is 35.5. The minimum atomic E-state index is -0.139. The second-order valence-corrected chi connectivity index (χ2v) is 7.33. The van der Waals surface area contributed by atoms with Gasteiger partial charge >= 0.3 is 6.03 Å². The zero-order valence-electron chi connectivity index (χ0n) is 15.9. The second-order valence-electron chi connectivity index (χ2n) is 6.93. The molecule has 0 unspecified atom stereocenters. The number of carbonyl (C=O) groups excluding carboxylic acids is 1. The Labute approximate surface area is 169 Å². The quantitative estimate of drug-likeness (QED) is 0.824. The van der Waals surface area contributed by atoms with E-state index in [2.05, 4.69) is 32.0 Å². The van der Waals surface area contributed by atoms with E-state index >= 15 is 0 Å². The predicted octanol–water partition coefficient (Wildman–Crippen LogP) is 2.48. The lowest BCUT2D eigenvalue weighted by Crippen LogP contribution is -2.55. The number of carbonyl (C=O) groups is 1. The van der Waals surface area contributed by atoms with Crippen molar-refractivity contribution in [1.82, 2.24) is 14.7 Å². The van der Waals surface area contributed by atoms with E-state index in [1.165, 1.54) is 0 Å². The summed E-state index contributed by atoms with van der Waals surface area (Å²) >= 11 is 6.13. The molecule has 1 aromatic rings. The standard InChI is InChI=1S/C19H23ClN6O2/c1-13-12-22-18-17(21-5-6-26(13)18)24-7-9-25(10-8-24)19(27)23-14-3-4-16(28-2)15(20)11-14/h3-6,11,13H,7-10,12H2,1-2H3,(H,23,27)/t13-/m0/s1. The third-order valence-corrected chi connectivity index (χ3v) is 5.41. The van der Waals surface area contributed by atoms with Crippen molar-refractivity contribution in [2.24, 2.45) is 9.98 Å². The average molecular weight is 403 g/mol. The molecule has 0 aromatic heterocycles. The fourth-order valence-corrected chi connectivity index (χ4v) is 3.78. The Morgan fingerprint density at radius 3 is 2.75 bits per heavy atom. The molecule has 0 spiro atoms. The Kier molecular flexibility index (Phi) is 5.13. The van der Waals surface area contributed by atoms with Crippen molar-refractivity contribution in [3.8, 4) is 5.75 Å². The van der Waals surface area contributed by atoms with Crippen LogP contribution >= 0.6 is 11.6 Å². The first-order valence-corrected chi connectivity index (χ1v) is 9.66. The minimum Gasteiger partial charge on any atom is -0.495 e. The number of hydrogen-bond donors (Lipinski definition) is 1. The van der Waals surface area contributed by atoms with Crippen molar-refractivity contribution in [3.63, 3.8) is 0 Å². The highest BCUT2D eigenvalue weighted by Crippen LogP contribution is 2.27. The maximum Gasteiger partial charge on any atom is 0.321 e. The van der Waals surface area contributed by atoms with Crippen LogP contribution in [0.4, 0.5) is 10.5 Å². The molecule has 3 aliphatic heterocycles. The van der Waals surface area contributed by atoms with E-state index in [1.54, 1.807) is 30.2 Å². The zero-order valence-corrected chi connectivity index (χ0v) is 16.7. The Balaban J connectivity index is 1.35. The van der Waals surface area contributed by atoms with Gasteiger partial charge in [0, 0.05) is 44.3 Å². The van der Waals surface area contributed by atoms with Crippen molar-refractivity contribution >= 4 is 35.0 Å². The van der Waals surface area contributed by atoms with E-state index in [0.717, 1.165) is 18.2 Å². The number of fused-ring (bicyclic) bond motifs is 1. The summed E-state index contributed by atoms with van der Waals surface area (Å²) in [5.74, 6) is 2.41. The van der Waals surface area contributed by atoms with Gasteiger partial charge in [-0.15, -0.1) is 0 Å². The number of piperazine rings is 1. The number of halogens is 1. The summed E-state index contributed by atoms with van der Waals surface area (Å²) in [5.41, 5.74) is 0.643. The molecular formula is C19H23ClN6O2. The highest BCUT2D eigenvalue weighted by molar-refractivity contribution is 6.41. The fourth-order valence-electron chi connectivity index (χ4n) is 3.53. The molecule has 148 valence electrons. The number of benzene rings is 1. The molecule has 0 radical (unpaired) electrons. The first kappa shape index (κ1) is 18.6. The van der Waals surface area contributed by atoms with Gasteiger partial charge in [0.2, 0.25) is 0 Å². The molecule has 1 aromatic carbocycles. The van der Waals surface area contributed by atoms with Gasteiger partial charge in [-0.2, -0.15) is 0 Å². The van der Waals surface area contributed by atoms with E-state index in [9.17, 15) is 4.79 Å². The van der Waals surface area contributed by atoms with Gasteiger partial charge in [-0.3, -0.25) is 4.99 Å². The molecule has 3 heterocycles. The SMILES string of the molecule is COc1ccc(NC(=O)N2CCN(C3=NC=CN4C3=NC[C@@H]4C)CC2)cc1Cl. The molecule has 1 atom stereocenters. The lowest BCUT2D eigenvalue weighted by Gasteiger charge is -2.38. The van der Waals surface area contributed by atoms with Crippen LogP contribution in [-0.2, 0) is 0 Å². The Hall–Kier alpha value is -2.74. The molecule has 0 saturated carbocycles. The topological polar surface area (TPSA) is 72.8 Å². The molecule has 1 N–H and O–H groups in total. The predicted molar refractivity (Wildman–Crippen MR) is 110 cm³/mol. The maximum absolute atomic E-state index is 12.6. The zero-order chi connectivity index (χ0) is 19.7. The number of urea groups is 1. The first-order chi connectivity index (χ1) is 13.6. The Morgan fingerprint density at radius 2 is 2.04 bits per heavy atom. The van der Waals surface area contributed by atoms with Crippen LogP contribution in [0, 0.1) is 0 Å². The summed E-state index contributed by atoms with van der Waals surface area (Å²) in [6.07, 6.45) is 3.80. The summed E-state index contributed by atoms with van der Waals surface area (Å²) in [6.45, 7) is 5.58. The van der Waals surface area contributed by atoms with Crippen molar-refractivity contribution in [2.45, 2.75) is 13.0 Å². The normalized spacial score (nSPS) is 21.2. The van der Waals surface area contributed by atoms with E-state index in [1.807, 2.05) is 12.4 Å². The molecule has 1 fully saturated rings. The van der Waals surface area contributed by atoms with Gasteiger partial charge in [0.1, 0.15) is 5.75 Å². The summed E-state index contributed by atoms with van der Waals surface area (Å²) in [4.78, 5) is 27.9. The lowest BCUT2D eigenvalue weighted by atomic mass is 10.2. The fraction of sp³-hybridized carbons (Fsp3) is 0.421. The first-order valence-electron chi connectivity index (χ1n) is 9.29. The third kappa shape index (κ3) is 3.52. The lowest BCUT2D eigenvalue weighted by molar-refractivity contribution is 0.182. The van der Waals surface area contributed by atoms with Crippen LogP contribution in [0.2, 0.25) is 5.02 Å². The highest BCUT2D eigenvalue weighted by Gasteiger charge is 2.33. The molecule has 28 heavy (non-hydrogen) atoms. The molecule has 8 nitrogen and oxygen atoms in total. The van der Waals surface area contributed by atoms with E-state index in [-0.39, 0.29) is 6.03 Å². The van der Waals surface area contributed by atoms with Crippen molar-refractivity contribution in [1.29, 1.82) is 0 Å². The monoisotopic (exact) mass is 402 g/mol. The minimum absolute atomic E-state index is 0.139. The summed E-state index contributed by atoms with van der Waals surface area (Å²) in [6, 6.07) is 5.42.